The highest BCUT2D eigenvalue weighted by Crippen LogP contribution is 2.24. The quantitative estimate of drug-likeness (QED) is 0.645. The molecule has 1 aliphatic rings. The Balaban J connectivity index is 2.12. The van der Waals surface area contributed by atoms with E-state index < -0.39 is 11.7 Å². The second-order valence-electron chi connectivity index (χ2n) is 4.83. The highest BCUT2D eigenvalue weighted by Gasteiger charge is 2.25. The van der Waals surface area contributed by atoms with Crippen molar-refractivity contribution in [1.29, 1.82) is 0 Å². The van der Waals surface area contributed by atoms with E-state index in [1.807, 2.05) is 0 Å². The van der Waals surface area contributed by atoms with Gasteiger partial charge in [0, 0.05) is 6.04 Å². The maximum absolute atomic E-state index is 13.7. The minimum absolute atomic E-state index is 0.0997. The number of hydrogen-bond donors (Lipinski definition) is 1. The minimum Gasteiger partial charge on any atom is -0.348 e. The topological polar surface area (TPSA) is 29.1 Å². The van der Waals surface area contributed by atoms with Crippen LogP contribution in [0.4, 0.5) is 4.39 Å². The van der Waals surface area contributed by atoms with Gasteiger partial charge in [0.25, 0.3) is 5.91 Å². The molecule has 19 heavy (non-hydrogen) atoms. The van der Waals surface area contributed by atoms with Gasteiger partial charge < -0.3 is 5.32 Å². The summed E-state index contributed by atoms with van der Waals surface area (Å²) in [6.07, 6.45) is 4.92. The molecule has 1 aromatic rings. The summed E-state index contributed by atoms with van der Waals surface area (Å²) in [5.41, 5.74) is -0.0997. The van der Waals surface area contributed by atoms with Gasteiger partial charge >= 0.3 is 0 Å². The average Bonchev–Trinajstić information content (AvgIpc) is 2.55. The summed E-state index contributed by atoms with van der Waals surface area (Å²) >= 11 is 12.1. The molecule has 1 saturated carbocycles. The number of rotatable bonds is 2. The number of alkyl halides is 1. The predicted molar refractivity (Wildman–Crippen MR) is 75.4 cm³/mol. The fraction of sp³-hybridized carbons (Fsp3) is 0.500. The maximum atomic E-state index is 13.7. The molecule has 0 bridgehead atoms. The van der Waals surface area contributed by atoms with Crippen LogP contribution in [0.15, 0.2) is 18.2 Å². The van der Waals surface area contributed by atoms with Crippen LogP contribution < -0.4 is 5.32 Å². The number of carbonyl (C=O) groups excluding carboxylic acids is 1. The number of amides is 1. The first-order valence-electron chi connectivity index (χ1n) is 6.48. The van der Waals surface area contributed by atoms with Crippen molar-refractivity contribution in [2.24, 2.45) is 0 Å². The molecule has 1 aliphatic carbocycles. The molecule has 5 heteroatoms. The van der Waals surface area contributed by atoms with E-state index in [0.29, 0.717) is 0 Å². The summed E-state index contributed by atoms with van der Waals surface area (Å²) in [7, 11) is 0. The Morgan fingerprint density at radius 1 is 1.26 bits per heavy atom. The molecule has 1 aromatic carbocycles. The normalized spacial score (nSPS) is 23.7. The Labute approximate surface area is 122 Å². The summed E-state index contributed by atoms with van der Waals surface area (Å²) < 4.78 is 13.7. The lowest BCUT2D eigenvalue weighted by molar-refractivity contribution is 0.0930. The summed E-state index contributed by atoms with van der Waals surface area (Å²) in [5.74, 6) is -1.09. The molecule has 0 spiro atoms. The van der Waals surface area contributed by atoms with Crippen molar-refractivity contribution in [1.82, 2.24) is 5.32 Å². The van der Waals surface area contributed by atoms with Crippen LogP contribution in [0.5, 0.6) is 0 Å². The van der Waals surface area contributed by atoms with Gasteiger partial charge in [-0.15, -0.1) is 11.6 Å². The summed E-state index contributed by atoms with van der Waals surface area (Å²) in [6.45, 7) is 0. The zero-order valence-electron chi connectivity index (χ0n) is 10.5. The number of benzene rings is 1. The van der Waals surface area contributed by atoms with E-state index in [9.17, 15) is 9.18 Å². The summed E-state index contributed by atoms with van der Waals surface area (Å²) in [6, 6.07) is 4.09. The van der Waals surface area contributed by atoms with Crippen molar-refractivity contribution in [3.05, 3.63) is 34.6 Å². The summed E-state index contributed by atoms with van der Waals surface area (Å²) in [4.78, 5) is 12.1. The van der Waals surface area contributed by atoms with E-state index in [0.717, 1.165) is 32.1 Å². The van der Waals surface area contributed by atoms with Crippen LogP contribution in [0.3, 0.4) is 0 Å². The van der Waals surface area contributed by atoms with Crippen molar-refractivity contribution in [3.63, 3.8) is 0 Å². The van der Waals surface area contributed by atoms with Gasteiger partial charge in [-0.1, -0.05) is 36.9 Å². The van der Waals surface area contributed by atoms with Gasteiger partial charge in [0.05, 0.1) is 16.0 Å². The van der Waals surface area contributed by atoms with Gasteiger partial charge in [-0.2, -0.15) is 0 Å². The Morgan fingerprint density at radius 2 is 2.00 bits per heavy atom. The van der Waals surface area contributed by atoms with Crippen LogP contribution in [0.1, 0.15) is 42.5 Å². The number of hydrogen-bond acceptors (Lipinski definition) is 1. The van der Waals surface area contributed by atoms with Crippen LogP contribution in [0.2, 0.25) is 5.02 Å². The van der Waals surface area contributed by atoms with Crippen molar-refractivity contribution in [2.45, 2.75) is 43.5 Å². The lowest BCUT2D eigenvalue weighted by atomic mass is 10.1. The highest BCUT2D eigenvalue weighted by molar-refractivity contribution is 6.33. The zero-order valence-corrected chi connectivity index (χ0v) is 12.0. The molecule has 2 unspecified atom stereocenters. The molecule has 1 amide bonds. The van der Waals surface area contributed by atoms with E-state index >= 15 is 0 Å². The van der Waals surface area contributed by atoms with Crippen molar-refractivity contribution in [3.8, 4) is 0 Å². The monoisotopic (exact) mass is 303 g/mol. The fourth-order valence-corrected chi connectivity index (χ4v) is 2.97. The third-order valence-electron chi connectivity index (χ3n) is 3.44. The molecule has 0 aromatic heterocycles. The Hall–Kier alpha value is -0.800. The minimum atomic E-state index is -0.607. The molecular formula is C14H16Cl2FNO. The van der Waals surface area contributed by atoms with Gasteiger partial charge in [-0.3, -0.25) is 4.79 Å². The predicted octanol–water partition coefficient (Wildman–Crippen LogP) is 4.15. The van der Waals surface area contributed by atoms with Crippen LogP contribution in [0, 0.1) is 5.82 Å². The number of carbonyl (C=O) groups is 1. The molecule has 104 valence electrons. The largest absolute Gasteiger partial charge is 0.348 e. The lowest BCUT2D eigenvalue weighted by Crippen LogP contribution is -2.40. The standard InChI is InChI=1S/C14H16Cl2FNO/c15-9-5-2-1-3-8-12(9)18-14(19)13-10(16)6-4-7-11(13)17/h4,6-7,9,12H,1-3,5,8H2,(H,18,19). The average molecular weight is 304 g/mol. The van der Waals surface area contributed by atoms with Crippen molar-refractivity contribution < 1.29 is 9.18 Å². The van der Waals surface area contributed by atoms with Gasteiger partial charge in [-0.05, 0) is 25.0 Å². The molecule has 0 radical (unpaired) electrons. The van der Waals surface area contributed by atoms with Gasteiger partial charge in [0.15, 0.2) is 0 Å². The first kappa shape index (κ1) is 14.6. The maximum Gasteiger partial charge on any atom is 0.256 e. The highest BCUT2D eigenvalue weighted by atomic mass is 35.5. The fourth-order valence-electron chi connectivity index (χ4n) is 2.38. The van der Waals surface area contributed by atoms with Gasteiger partial charge in [0.1, 0.15) is 5.82 Å². The zero-order chi connectivity index (χ0) is 13.8. The smallest absolute Gasteiger partial charge is 0.256 e. The van der Waals surface area contributed by atoms with E-state index in [1.165, 1.54) is 18.2 Å². The molecule has 2 rings (SSSR count). The third-order valence-corrected chi connectivity index (χ3v) is 4.28. The Morgan fingerprint density at radius 3 is 2.74 bits per heavy atom. The molecule has 0 saturated heterocycles. The van der Waals surface area contributed by atoms with Crippen LogP contribution >= 0.6 is 23.2 Å². The number of nitrogens with one attached hydrogen (secondary N) is 1. The molecular weight excluding hydrogens is 288 g/mol. The molecule has 0 aliphatic heterocycles. The SMILES string of the molecule is O=C(NC1CCCCCC1Cl)c1c(F)cccc1Cl. The van der Waals surface area contributed by atoms with E-state index in [2.05, 4.69) is 5.32 Å². The van der Waals surface area contributed by atoms with Crippen molar-refractivity contribution in [2.75, 3.05) is 0 Å². The molecule has 1 N–H and O–H groups in total. The second-order valence-corrected chi connectivity index (χ2v) is 5.80. The molecule has 0 heterocycles. The van der Waals surface area contributed by atoms with E-state index in [-0.39, 0.29) is 22.0 Å². The number of halogens is 3. The second kappa shape index (κ2) is 6.58. The first-order valence-corrected chi connectivity index (χ1v) is 7.30. The molecule has 1 fully saturated rings. The van der Waals surface area contributed by atoms with E-state index in [1.54, 1.807) is 0 Å². The Bertz CT molecular complexity index is 447. The summed E-state index contributed by atoms with van der Waals surface area (Å²) in [5, 5.41) is 2.83. The molecule has 2 atom stereocenters. The van der Waals surface area contributed by atoms with Gasteiger partial charge in [0.2, 0.25) is 0 Å². The van der Waals surface area contributed by atoms with Crippen LogP contribution in [0.25, 0.3) is 0 Å². The first-order chi connectivity index (χ1) is 9.09. The molecule has 2 nitrogen and oxygen atoms in total. The third kappa shape index (κ3) is 3.61. The van der Waals surface area contributed by atoms with E-state index in [4.69, 9.17) is 23.2 Å². The van der Waals surface area contributed by atoms with Crippen LogP contribution in [-0.4, -0.2) is 17.3 Å². The lowest BCUT2D eigenvalue weighted by Gasteiger charge is -2.21. The Kier molecular flexibility index (Phi) is 5.06. The van der Waals surface area contributed by atoms with Gasteiger partial charge in [-0.25, -0.2) is 4.39 Å². The van der Waals surface area contributed by atoms with Crippen molar-refractivity contribution >= 4 is 29.1 Å². The van der Waals surface area contributed by atoms with Crippen LogP contribution in [-0.2, 0) is 0 Å².